The van der Waals surface area contributed by atoms with E-state index in [1.807, 2.05) is 0 Å². The Labute approximate surface area is 130 Å². The van der Waals surface area contributed by atoms with Crippen molar-refractivity contribution in [2.75, 3.05) is 39.5 Å². The first-order valence-corrected chi connectivity index (χ1v) is 8.88. The number of carbonyl (C=O) groups is 1. The molecule has 8 nitrogen and oxygen atoms in total. The van der Waals surface area contributed by atoms with Gasteiger partial charge in [-0.1, -0.05) is 0 Å². The summed E-state index contributed by atoms with van der Waals surface area (Å²) in [5.41, 5.74) is 0.936. The average Bonchev–Trinajstić information content (AvgIpc) is 2.70. The highest BCUT2D eigenvalue weighted by atomic mass is 32.2. The Morgan fingerprint density at radius 1 is 1.32 bits per heavy atom. The number of carbonyl (C=O) groups excluding carboxylic acids is 1. The third kappa shape index (κ3) is 4.46. The maximum atomic E-state index is 12.0. The summed E-state index contributed by atoms with van der Waals surface area (Å²) in [6, 6.07) is 0. The van der Waals surface area contributed by atoms with Crippen molar-refractivity contribution in [1.82, 2.24) is 24.5 Å². The van der Waals surface area contributed by atoms with Crippen LogP contribution in [0.3, 0.4) is 0 Å². The van der Waals surface area contributed by atoms with Crippen molar-refractivity contribution in [2.45, 2.75) is 6.54 Å². The largest absolute Gasteiger partial charge is 0.359 e. The number of hydrogen-bond acceptors (Lipinski definition) is 6. The second-order valence-electron chi connectivity index (χ2n) is 5.41. The summed E-state index contributed by atoms with van der Waals surface area (Å²) in [4.78, 5) is 22.0. The number of sulfonamides is 1. The molecular weight excluding hydrogens is 306 g/mol. The molecule has 2 heterocycles. The van der Waals surface area contributed by atoms with Crippen molar-refractivity contribution in [1.29, 1.82) is 0 Å². The van der Waals surface area contributed by atoms with E-state index >= 15 is 0 Å². The van der Waals surface area contributed by atoms with E-state index < -0.39 is 15.9 Å². The lowest BCUT2D eigenvalue weighted by Gasteiger charge is -2.22. The number of amides is 1. The van der Waals surface area contributed by atoms with Gasteiger partial charge >= 0.3 is 0 Å². The van der Waals surface area contributed by atoms with Crippen LogP contribution >= 0.6 is 0 Å². The van der Waals surface area contributed by atoms with E-state index in [4.69, 9.17) is 0 Å². The molecule has 122 valence electrons. The molecule has 0 saturated carbocycles. The van der Waals surface area contributed by atoms with Crippen LogP contribution < -0.4 is 5.32 Å². The number of hydrogen-bond donors (Lipinski definition) is 1. The van der Waals surface area contributed by atoms with E-state index in [0.29, 0.717) is 26.2 Å². The molecule has 1 aromatic heterocycles. The molecule has 1 saturated heterocycles. The van der Waals surface area contributed by atoms with Crippen LogP contribution in [0.1, 0.15) is 5.56 Å². The highest BCUT2D eigenvalue weighted by Gasteiger charge is 2.31. The zero-order valence-electron chi connectivity index (χ0n) is 12.8. The minimum atomic E-state index is -3.32. The smallest absolute Gasteiger partial charge is 0.225 e. The molecule has 0 bridgehead atoms. The first kappa shape index (κ1) is 16.8. The molecule has 1 aliphatic rings. The van der Waals surface area contributed by atoms with Crippen LogP contribution in [0.5, 0.6) is 0 Å². The van der Waals surface area contributed by atoms with Crippen LogP contribution in [0.2, 0.25) is 0 Å². The van der Waals surface area contributed by atoms with Crippen molar-refractivity contribution in [3.63, 3.8) is 0 Å². The van der Waals surface area contributed by atoms with E-state index in [2.05, 4.69) is 20.2 Å². The van der Waals surface area contributed by atoms with E-state index in [1.54, 1.807) is 19.4 Å². The fraction of sp³-hybridized carbons (Fsp3) is 0.615. The van der Waals surface area contributed by atoms with Crippen LogP contribution in [-0.4, -0.2) is 73.0 Å². The fourth-order valence-corrected chi connectivity index (χ4v) is 3.40. The predicted octanol–water partition coefficient (Wildman–Crippen LogP) is -1.08. The molecule has 1 fully saturated rings. The molecule has 0 aromatic carbocycles. The Kier molecular flexibility index (Phi) is 5.43. The summed E-state index contributed by atoms with van der Waals surface area (Å²) in [5.74, 6) is -0.545. The van der Waals surface area contributed by atoms with Crippen LogP contribution in [0.4, 0.5) is 0 Å². The molecule has 0 spiro atoms. The van der Waals surface area contributed by atoms with Gasteiger partial charge in [0.05, 0.1) is 12.2 Å². The fourth-order valence-electron chi connectivity index (χ4n) is 2.54. The molecule has 1 amide bonds. The minimum Gasteiger partial charge on any atom is -0.359 e. The standard InChI is InChI=1S/C13H21N5O3S/c1-14-13(19)12-8-17(7-11-5-15-10-16-6-11)3-4-18(9-12)22(2,20)21/h5-6,10,12H,3-4,7-9H2,1-2H3,(H,14,19). The quantitative estimate of drug-likeness (QED) is 0.755. The third-order valence-corrected chi connectivity index (χ3v) is 4.94. The molecule has 22 heavy (non-hydrogen) atoms. The molecule has 1 aromatic rings. The zero-order chi connectivity index (χ0) is 16.2. The molecule has 9 heteroatoms. The van der Waals surface area contributed by atoms with Gasteiger partial charge in [-0.3, -0.25) is 9.69 Å². The lowest BCUT2D eigenvalue weighted by Crippen LogP contribution is -2.41. The highest BCUT2D eigenvalue weighted by molar-refractivity contribution is 7.88. The van der Waals surface area contributed by atoms with Gasteiger partial charge < -0.3 is 5.32 Å². The van der Waals surface area contributed by atoms with E-state index in [0.717, 1.165) is 5.56 Å². The predicted molar refractivity (Wildman–Crippen MR) is 81.3 cm³/mol. The Morgan fingerprint density at radius 3 is 2.59 bits per heavy atom. The second-order valence-corrected chi connectivity index (χ2v) is 7.40. The van der Waals surface area contributed by atoms with E-state index in [9.17, 15) is 13.2 Å². The number of nitrogens with zero attached hydrogens (tertiary/aromatic N) is 4. The minimum absolute atomic E-state index is 0.148. The van der Waals surface area contributed by atoms with Crippen LogP contribution in [-0.2, 0) is 21.4 Å². The van der Waals surface area contributed by atoms with Gasteiger partial charge in [-0.2, -0.15) is 0 Å². The van der Waals surface area contributed by atoms with Crippen molar-refractivity contribution >= 4 is 15.9 Å². The first-order valence-electron chi connectivity index (χ1n) is 7.03. The molecule has 0 aliphatic carbocycles. The van der Waals surface area contributed by atoms with Gasteiger partial charge in [0.25, 0.3) is 0 Å². The van der Waals surface area contributed by atoms with Gasteiger partial charge in [-0.15, -0.1) is 0 Å². The van der Waals surface area contributed by atoms with Gasteiger partial charge in [0, 0.05) is 57.7 Å². The van der Waals surface area contributed by atoms with Crippen molar-refractivity contribution in [3.05, 3.63) is 24.3 Å². The highest BCUT2D eigenvalue weighted by Crippen LogP contribution is 2.15. The number of rotatable bonds is 4. The average molecular weight is 327 g/mol. The summed E-state index contributed by atoms with van der Waals surface area (Å²) < 4.78 is 25.0. The molecule has 1 aliphatic heterocycles. The molecule has 0 radical (unpaired) electrons. The maximum Gasteiger partial charge on any atom is 0.225 e. The molecule has 2 rings (SSSR count). The van der Waals surface area contributed by atoms with Gasteiger partial charge in [0.2, 0.25) is 15.9 Å². The van der Waals surface area contributed by atoms with E-state index in [1.165, 1.54) is 16.9 Å². The Balaban J connectivity index is 2.14. The van der Waals surface area contributed by atoms with Crippen molar-refractivity contribution in [3.8, 4) is 0 Å². The van der Waals surface area contributed by atoms with Gasteiger partial charge in [0.1, 0.15) is 6.33 Å². The molecular formula is C13H21N5O3S. The summed E-state index contributed by atoms with van der Waals surface area (Å²) in [5, 5.41) is 2.61. The maximum absolute atomic E-state index is 12.0. The van der Waals surface area contributed by atoms with Crippen molar-refractivity contribution in [2.24, 2.45) is 5.92 Å². The first-order chi connectivity index (χ1) is 10.4. The van der Waals surface area contributed by atoms with Gasteiger partial charge in [0.15, 0.2) is 0 Å². The second kappa shape index (κ2) is 7.12. The van der Waals surface area contributed by atoms with Gasteiger partial charge in [-0.25, -0.2) is 22.7 Å². The lowest BCUT2D eigenvalue weighted by atomic mass is 10.1. The van der Waals surface area contributed by atoms with Crippen LogP contribution in [0.15, 0.2) is 18.7 Å². The topological polar surface area (TPSA) is 95.5 Å². The van der Waals surface area contributed by atoms with Gasteiger partial charge in [-0.05, 0) is 0 Å². The SMILES string of the molecule is CNC(=O)C1CN(Cc2cncnc2)CCN(S(C)(=O)=O)C1. The summed E-state index contributed by atoms with van der Waals surface area (Å²) >= 11 is 0. The summed E-state index contributed by atoms with van der Waals surface area (Å²) in [7, 11) is -1.76. The Morgan fingerprint density at radius 2 is 2.00 bits per heavy atom. The normalized spacial score (nSPS) is 21.3. The van der Waals surface area contributed by atoms with Crippen LogP contribution in [0, 0.1) is 5.92 Å². The summed E-state index contributed by atoms with van der Waals surface area (Å²) in [6.45, 7) is 2.24. The van der Waals surface area contributed by atoms with Crippen molar-refractivity contribution < 1.29 is 13.2 Å². The lowest BCUT2D eigenvalue weighted by molar-refractivity contribution is -0.125. The Hall–Kier alpha value is -1.58. The monoisotopic (exact) mass is 327 g/mol. The molecule has 1 atom stereocenters. The van der Waals surface area contributed by atoms with E-state index in [-0.39, 0.29) is 12.5 Å². The number of aromatic nitrogens is 2. The summed E-state index contributed by atoms with van der Waals surface area (Å²) in [6.07, 6.45) is 6.08. The Bertz CT molecular complexity index is 607. The molecule has 1 N–H and O–H groups in total. The molecule has 1 unspecified atom stereocenters. The zero-order valence-corrected chi connectivity index (χ0v) is 13.6. The third-order valence-electron chi connectivity index (χ3n) is 3.67. The van der Waals surface area contributed by atoms with Crippen LogP contribution in [0.25, 0.3) is 0 Å². The number of nitrogens with one attached hydrogen (secondary N) is 1.